The molecule has 4 aliphatic heterocycles. The third-order valence-corrected chi connectivity index (χ3v) is 9.38. The van der Waals surface area contributed by atoms with Crippen LogP contribution in [0.15, 0.2) is 12.3 Å². The second-order valence-electron chi connectivity index (χ2n) is 13.3. The summed E-state index contributed by atoms with van der Waals surface area (Å²) in [7, 11) is 0. The summed E-state index contributed by atoms with van der Waals surface area (Å²) in [6.07, 6.45) is 11.6. The van der Waals surface area contributed by atoms with Crippen LogP contribution in [0.1, 0.15) is 85.7 Å². The molecule has 204 valence electrons. The van der Waals surface area contributed by atoms with E-state index in [9.17, 15) is 0 Å². The average Bonchev–Trinajstić information content (AvgIpc) is 3.41. The maximum absolute atomic E-state index is 5.98. The quantitative estimate of drug-likeness (QED) is 0.448. The summed E-state index contributed by atoms with van der Waals surface area (Å²) >= 11 is 1.90. The highest BCUT2D eigenvalue weighted by atomic mass is 32.2. The number of piperidine rings is 2. The molecule has 36 heavy (non-hydrogen) atoms. The Labute approximate surface area is 222 Å². The van der Waals surface area contributed by atoms with Gasteiger partial charge in [-0.2, -0.15) is 0 Å². The van der Waals surface area contributed by atoms with Gasteiger partial charge in [-0.15, -0.1) is 5.10 Å². The van der Waals surface area contributed by atoms with Crippen LogP contribution < -0.4 is 25.4 Å². The van der Waals surface area contributed by atoms with Crippen molar-refractivity contribution in [2.75, 3.05) is 26.2 Å². The van der Waals surface area contributed by atoms with Gasteiger partial charge in [0.05, 0.1) is 24.3 Å². The lowest BCUT2D eigenvalue weighted by atomic mass is 9.90. The molecule has 7 atom stereocenters. The van der Waals surface area contributed by atoms with Crippen molar-refractivity contribution in [3.05, 3.63) is 12.3 Å². The Morgan fingerprint density at radius 3 is 2.83 bits per heavy atom. The monoisotopic (exact) mass is 519 g/mol. The predicted molar refractivity (Wildman–Crippen MR) is 148 cm³/mol. The minimum Gasteiger partial charge on any atom is -0.476 e. The van der Waals surface area contributed by atoms with Gasteiger partial charge in [-0.1, -0.05) is 32.7 Å². The van der Waals surface area contributed by atoms with E-state index < -0.39 is 0 Å². The minimum absolute atomic E-state index is 0.123. The summed E-state index contributed by atoms with van der Waals surface area (Å²) in [5.41, 5.74) is 0.313. The molecule has 4 aliphatic rings. The first-order valence-corrected chi connectivity index (χ1v) is 15.1. The van der Waals surface area contributed by atoms with Crippen LogP contribution in [0, 0.1) is 17.3 Å². The zero-order chi connectivity index (χ0) is 25.3. The van der Waals surface area contributed by atoms with E-state index >= 15 is 0 Å². The molecular weight excluding hydrogens is 470 g/mol. The molecule has 9 heteroatoms. The zero-order valence-electron chi connectivity index (χ0n) is 23.1. The normalized spacial score (nSPS) is 37.6. The molecule has 0 aromatic carbocycles. The van der Waals surface area contributed by atoms with E-state index in [4.69, 9.17) is 9.84 Å². The summed E-state index contributed by atoms with van der Waals surface area (Å²) in [6, 6.07) is 2.01. The van der Waals surface area contributed by atoms with E-state index in [2.05, 4.69) is 71.1 Å². The van der Waals surface area contributed by atoms with Crippen LogP contribution in [0.4, 0.5) is 0 Å². The average molecular weight is 520 g/mol. The number of rotatable bonds is 3. The molecular formula is C27H49N7OS. The SMILES string of the molecule is CC(C)(C)COc1ccn(C2CCC3CNSC4CCCC(NCCC5CN(C3N2)C(C)(C)C5)N4)n1. The number of nitrogens with one attached hydrogen (secondary N) is 4. The lowest BCUT2D eigenvalue weighted by molar-refractivity contribution is 0.00914. The first-order chi connectivity index (χ1) is 17.2. The Bertz CT molecular complexity index is 855. The summed E-state index contributed by atoms with van der Waals surface area (Å²) in [6.45, 7) is 15.4. The molecule has 0 amide bonds. The Morgan fingerprint density at radius 2 is 2.00 bits per heavy atom. The van der Waals surface area contributed by atoms with E-state index in [0.29, 0.717) is 30.2 Å². The van der Waals surface area contributed by atoms with Gasteiger partial charge in [0.15, 0.2) is 0 Å². The highest BCUT2D eigenvalue weighted by Gasteiger charge is 2.46. The van der Waals surface area contributed by atoms with Crippen LogP contribution in [0.5, 0.6) is 5.88 Å². The van der Waals surface area contributed by atoms with Crippen molar-refractivity contribution >= 4 is 11.9 Å². The molecule has 4 bridgehead atoms. The van der Waals surface area contributed by atoms with Crippen molar-refractivity contribution in [1.82, 2.24) is 35.4 Å². The Balaban J connectivity index is 1.30. The third-order valence-electron chi connectivity index (χ3n) is 8.39. The first-order valence-electron chi connectivity index (χ1n) is 14.2. The lowest BCUT2D eigenvalue weighted by Crippen LogP contribution is -2.60. The largest absolute Gasteiger partial charge is 0.476 e. The van der Waals surface area contributed by atoms with Crippen molar-refractivity contribution in [1.29, 1.82) is 0 Å². The fourth-order valence-corrected chi connectivity index (χ4v) is 7.57. The van der Waals surface area contributed by atoms with Gasteiger partial charge in [-0.25, -0.2) is 0 Å². The smallest absolute Gasteiger partial charge is 0.232 e. The second kappa shape index (κ2) is 11.1. The fourth-order valence-electron chi connectivity index (χ4n) is 6.54. The third kappa shape index (κ3) is 6.59. The van der Waals surface area contributed by atoms with Gasteiger partial charge < -0.3 is 10.1 Å². The molecule has 4 N–H and O–H groups in total. The van der Waals surface area contributed by atoms with Gasteiger partial charge in [0.1, 0.15) is 6.17 Å². The molecule has 5 heterocycles. The van der Waals surface area contributed by atoms with Gasteiger partial charge in [0.25, 0.3) is 0 Å². The summed E-state index contributed by atoms with van der Waals surface area (Å²) < 4.78 is 11.9. The first kappa shape index (κ1) is 26.8. The maximum atomic E-state index is 5.98. The van der Waals surface area contributed by atoms with Crippen LogP contribution in [-0.4, -0.2) is 64.2 Å². The number of hydrogen-bond donors (Lipinski definition) is 4. The Morgan fingerprint density at radius 1 is 1.14 bits per heavy atom. The van der Waals surface area contributed by atoms with Crippen molar-refractivity contribution in [3.63, 3.8) is 0 Å². The van der Waals surface area contributed by atoms with Crippen LogP contribution in [-0.2, 0) is 0 Å². The van der Waals surface area contributed by atoms with Gasteiger partial charge in [-0.3, -0.25) is 24.9 Å². The van der Waals surface area contributed by atoms with Crippen molar-refractivity contribution in [3.8, 4) is 5.88 Å². The maximum Gasteiger partial charge on any atom is 0.232 e. The van der Waals surface area contributed by atoms with Crippen molar-refractivity contribution in [2.45, 2.75) is 109 Å². The van der Waals surface area contributed by atoms with E-state index in [1.807, 2.05) is 18.0 Å². The molecule has 0 spiro atoms. The van der Waals surface area contributed by atoms with Gasteiger partial charge in [-0.05, 0) is 76.7 Å². The van der Waals surface area contributed by atoms with Gasteiger partial charge in [0.2, 0.25) is 5.88 Å². The van der Waals surface area contributed by atoms with Crippen LogP contribution in [0.25, 0.3) is 0 Å². The Kier molecular flexibility index (Phi) is 8.25. The summed E-state index contributed by atoms with van der Waals surface area (Å²) in [4.78, 5) is 2.78. The molecule has 1 aromatic heterocycles. The minimum atomic E-state index is 0.123. The highest BCUT2D eigenvalue weighted by molar-refractivity contribution is 7.98. The molecule has 7 unspecified atom stereocenters. The second-order valence-corrected chi connectivity index (χ2v) is 14.4. The predicted octanol–water partition coefficient (Wildman–Crippen LogP) is 3.89. The topological polar surface area (TPSA) is 78.4 Å². The molecule has 4 saturated heterocycles. The highest BCUT2D eigenvalue weighted by Crippen LogP contribution is 2.40. The molecule has 5 rings (SSSR count). The number of ether oxygens (including phenoxy) is 1. The van der Waals surface area contributed by atoms with Crippen LogP contribution in [0.2, 0.25) is 0 Å². The van der Waals surface area contributed by atoms with Crippen molar-refractivity contribution < 1.29 is 4.74 Å². The molecule has 0 radical (unpaired) electrons. The molecule has 0 aliphatic carbocycles. The Hall–Kier alpha value is -0.840. The van der Waals surface area contributed by atoms with Gasteiger partial charge in [0, 0.05) is 36.8 Å². The molecule has 1 aromatic rings. The number of hydrogen-bond acceptors (Lipinski definition) is 8. The zero-order valence-corrected chi connectivity index (χ0v) is 23.9. The molecule has 8 nitrogen and oxygen atoms in total. The number of aromatic nitrogens is 2. The van der Waals surface area contributed by atoms with E-state index in [0.717, 1.165) is 31.3 Å². The molecule has 0 saturated carbocycles. The number of fused-ring (bicyclic) bond motifs is 6. The summed E-state index contributed by atoms with van der Waals surface area (Å²) in [5, 5.41) is 17.0. The number of nitrogens with zero attached hydrogens (tertiary/aromatic N) is 3. The summed E-state index contributed by atoms with van der Waals surface area (Å²) in [5.74, 6) is 2.03. The fraction of sp³-hybridized carbons (Fsp3) is 0.889. The van der Waals surface area contributed by atoms with E-state index in [1.165, 1.54) is 45.1 Å². The van der Waals surface area contributed by atoms with Crippen LogP contribution >= 0.6 is 11.9 Å². The standard InChI is InChI=1S/C27H49N7OS/c1-26(2,3)18-35-23-12-14-34(32-23)22-10-9-20-16-29-36-24-8-6-7-21(30-24)28-13-11-19-15-27(4,5)33(17-19)25(20)31-22/h12,14,19-22,24-25,28-31H,6-11,13,15-18H2,1-5H3. The molecule has 4 fully saturated rings. The van der Waals surface area contributed by atoms with E-state index in [-0.39, 0.29) is 17.1 Å². The van der Waals surface area contributed by atoms with E-state index in [1.54, 1.807) is 0 Å². The van der Waals surface area contributed by atoms with Crippen LogP contribution in [0.3, 0.4) is 0 Å². The van der Waals surface area contributed by atoms with Crippen molar-refractivity contribution in [2.24, 2.45) is 17.3 Å². The van der Waals surface area contributed by atoms with Gasteiger partial charge >= 0.3 is 0 Å². The lowest BCUT2D eigenvalue weighted by Gasteiger charge is -2.47.